The van der Waals surface area contributed by atoms with E-state index < -0.39 is 0 Å². The average Bonchev–Trinajstić information content (AvgIpc) is 3.42. The number of nitrogens with one attached hydrogen (secondary N) is 1. The van der Waals surface area contributed by atoms with Gasteiger partial charge in [0.15, 0.2) is 5.65 Å². The van der Waals surface area contributed by atoms with Crippen molar-refractivity contribution >= 4 is 22.8 Å². The van der Waals surface area contributed by atoms with Crippen molar-refractivity contribution in [2.45, 2.75) is 37.6 Å². The van der Waals surface area contributed by atoms with Gasteiger partial charge in [-0.15, -0.1) is 5.10 Å². The van der Waals surface area contributed by atoms with E-state index in [1.807, 2.05) is 30.7 Å². The van der Waals surface area contributed by atoms with Gasteiger partial charge >= 0.3 is 0 Å². The molecule has 5 N–H and O–H groups in total. The lowest BCUT2D eigenvalue weighted by atomic mass is 9.81. The summed E-state index contributed by atoms with van der Waals surface area (Å²) >= 11 is 0. The van der Waals surface area contributed by atoms with Crippen LogP contribution in [0.4, 0.5) is 17.2 Å². The summed E-state index contributed by atoms with van der Waals surface area (Å²) in [7, 11) is 0. The minimum atomic E-state index is 0.285. The second-order valence-electron chi connectivity index (χ2n) is 7.74. The molecule has 0 radical (unpaired) electrons. The van der Waals surface area contributed by atoms with Crippen LogP contribution in [0.5, 0.6) is 0 Å². The Morgan fingerprint density at radius 1 is 0.966 bits per heavy atom. The van der Waals surface area contributed by atoms with Gasteiger partial charge in [-0.2, -0.15) is 0 Å². The number of nitrogen functional groups attached to an aromatic ring is 1. The molecule has 1 aromatic carbocycles. The van der Waals surface area contributed by atoms with E-state index >= 15 is 0 Å². The van der Waals surface area contributed by atoms with Gasteiger partial charge in [0.05, 0.1) is 5.69 Å². The van der Waals surface area contributed by atoms with E-state index in [0.29, 0.717) is 11.7 Å². The molecule has 3 heterocycles. The topological polar surface area (TPSA) is 99.2 Å². The SMILES string of the molecule is Nc1nn2ccnc2c(Nc2ccc(-n3cccc3)cc2)c1[C@H]1CC[C@@H](N)CC1. The highest BCUT2D eigenvalue weighted by atomic mass is 15.3. The van der Waals surface area contributed by atoms with E-state index in [-0.39, 0.29) is 6.04 Å². The molecule has 148 valence electrons. The molecule has 0 unspecified atom stereocenters. The van der Waals surface area contributed by atoms with Crippen LogP contribution in [0.2, 0.25) is 0 Å². The number of aromatic nitrogens is 4. The van der Waals surface area contributed by atoms with Crippen LogP contribution < -0.4 is 16.8 Å². The van der Waals surface area contributed by atoms with E-state index in [9.17, 15) is 0 Å². The number of anilines is 3. The third-order valence-corrected chi connectivity index (χ3v) is 5.83. The first-order valence-corrected chi connectivity index (χ1v) is 10.1. The zero-order chi connectivity index (χ0) is 19.8. The van der Waals surface area contributed by atoms with Crippen LogP contribution in [0.15, 0.2) is 61.2 Å². The normalized spacial score (nSPS) is 19.5. The maximum atomic E-state index is 6.42. The molecule has 1 fully saturated rings. The molecule has 1 aliphatic carbocycles. The molecule has 0 atom stereocenters. The standard InChI is InChI=1S/C22H25N7/c23-16-5-3-15(4-6-16)19-20(22-25-11-14-29(22)27-21(19)24)26-17-7-9-18(10-8-17)28-12-1-2-13-28/h1-2,7-16,26H,3-6,23H2,(H2,24,27)/t15-,16+. The van der Waals surface area contributed by atoms with Gasteiger partial charge in [0, 0.05) is 47.8 Å². The molecule has 7 heteroatoms. The largest absolute Gasteiger partial charge is 0.382 e. The molecule has 5 rings (SSSR count). The Kier molecular flexibility index (Phi) is 4.44. The number of imidazole rings is 1. The van der Waals surface area contributed by atoms with Gasteiger partial charge in [0.1, 0.15) is 5.82 Å². The fourth-order valence-electron chi connectivity index (χ4n) is 4.29. The molecule has 1 aliphatic rings. The van der Waals surface area contributed by atoms with Crippen molar-refractivity contribution in [1.29, 1.82) is 0 Å². The molecule has 0 spiro atoms. The first-order chi connectivity index (χ1) is 14.2. The number of fused-ring (bicyclic) bond motifs is 1. The minimum Gasteiger partial charge on any atom is -0.382 e. The van der Waals surface area contributed by atoms with Gasteiger partial charge in [-0.3, -0.25) is 0 Å². The number of hydrogen-bond acceptors (Lipinski definition) is 5. The first kappa shape index (κ1) is 17.8. The van der Waals surface area contributed by atoms with E-state index in [0.717, 1.165) is 54.0 Å². The van der Waals surface area contributed by atoms with Gasteiger partial charge in [-0.05, 0) is 68.0 Å². The fraction of sp³-hybridized carbons (Fsp3) is 0.273. The minimum absolute atomic E-state index is 0.285. The summed E-state index contributed by atoms with van der Waals surface area (Å²) in [6, 6.07) is 12.7. The Hall–Kier alpha value is -3.32. The average molecular weight is 387 g/mol. The first-order valence-electron chi connectivity index (χ1n) is 10.1. The number of rotatable bonds is 4. The molecule has 3 aromatic heterocycles. The van der Waals surface area contributed by atoms with Crippen LogP contribution in [0.3, 0.4) is 0 Å². The van der Waals surface area contributed by atoms with Crippen LogP contribution in [-0.4, -0.2) is 25.2 Å². The van der Waals surface area contributed by atoms with E-state index in [2.05, 4.69) is 44.2 Å². The molecule has 0 amide bonds. The van der Waals surface area contributed by atoms with Crippen molar-refractivity contribution in [1.82, 2.24) is 19.2 Å². The molecule has 0 aliphatic heterocycles. The summed E-state index contributed by atoms with van der Waals surface area (Å²) in [5, 5.41) is 8.12. The Bertz CT molecular complexity index is 1100. The van der Waals surface area contributed by atoms with Crippen LogP contribution in [0, 0.1) is 0 Å². The van der Waals surface area contributed by atoms with Crippen LogP contribution in [0.1, 0.15) is 37.2 Å². The Labute approximate surface area is 169 Å². The molecule has 0 saturated heterocycles. The summed E-state index contributed by atoms with van der Waals surface area (Å²) in [5.74, 6) is 0.896. The molecule has 4 aromatic rings. The predicted molar refractivity (Wildman–Crippen MR) is 116 cm³/mol. The lowest BCUT2D eigenvalue weighted by Crippen LogP contribution is -2.26. The fourth-order valence-corrected chi connectivity index (χ4v) is 4.29. The number of nitrogens with two attached hydrogens (primary N) is 2. The van der Waals surface area contributed by atoms with Gasteiger partial charge < -0.3 is 21.4 Å². The molecule has 29 heavy (non-hydrogen) atoms. The highest BCUT2D eigenvalue weighted by Crippen LogP contribution is 2.41. The summed E-state index contributed by atoms with van der Waals surface area (Å²) in [4.78, 5) is 4.54. The number of benzene rings is 1. The summed E-state index contributed by atoms with van der Waals surface area (Å²) in [6.45, 7) is 0. The predicted octanol–water partition coefficient (Wildman–Crippen LogP) is 3.83. The highest BCUT2D eigenvalue weighted by Gasteiger charge is 2.27. The third-order valence-electron chi connectivity index (χ3n) is 5.83. The second kappa shape index (κ2) is 7.25. The molecule has 7 nitrogen and oxygen atoms in total. The third kappa shape index (κ3) is 3.34. The number of nitrogens with zero attached hydrogens (tertiary/aromatic N) is 4. The summed E-state index contributed by atoms with van der Waals surface area (Å²) < 4.78 is 3.82. The maximum absolute atomic E-state index is 6.42. The maximum Gasteiger partial charge on any atom is 0.177 e. The van der Waals surface area contributed by atoms with Gasteiger partial charge in [-0.25, -0.2) is 9.50 Å². The second-order valence-corrected chi connectivity index (χ2v) is 7.74. The van der Waals surface area contributed by atoms with Crippen molar-refractivity contribution in [3.8, 4) is 5.69 Å². The van der Waals surface area contributed by atoms with Crippen LogP contribution >= 0.6 is 0 Å². The molecule has 1 saturated carbocycles. The quantitative estimate of drug-likeness (QED) is 0.494. The molecular formula is C22H25N7. The smallest absolute Gasteiger partial charge is 0.177 e. The Morgan fingerprint density at radius 3 is 2.41 bits per heavy atom. The zero-order valence-corrected chi connectivity index (χ0v) is 16.2. The lowest BCUT2D eigenvalue weighted by molar-refractivity contribution is 0.396. The summed E-state index contributed by atoms with van der Waals surface area (Å²) in [5.41, 5.74) is 17.4. The number of hydrogen-bond donors (Lipinski definition) is 3. The van der Waals surface area contributed by atoms with Crippen molar-refractivity contribution < 1.29 is 0 Å². The van der Waals surface area contributed by atoms with Crippen LogP contribution in [0.25, 0.3) is 11.3 Å². The van der Waals surface area contributed by atoms with E-state index in [4.69, 9.17) is 11.5 Å². The highest BCUT2D eigenvalue weighted by molar-refractivity contribution is 5.80. The van der Waals surface area contributed by atoms with E-state index in [1.54, 1.807) is 10.7 Å². The summed E-state index contributed by atoms with van der Waals surface area (Å²) in [6.07, 6.45) is 11.7. The van der Waals surface area contributed by atoms with Crippen molar-refractivity contribution in [2.24, 2.45) is 5.73 Å². The van der Waals surface area contributed by atoms with Gasteiger partial charge in [0.25, 0.3) is 0 Å². The van der Waals surface area contributed by atoms with E-state index in [1.165, 1.54) is 0 Å². The Morgan fingerprint density at radius 2 is 1.69 bits per heavy atom. The molecule has 0 bridgehead atoms. The van der Waals surface area contributed by atoms with Crippen molar-refractivity contribution in [3.05, 3.63) is 66.7 Å². The molecular weight excluding hydrogens is 362 g/mol. The lowest BCUT2D eigenvalue weighted by Gasteiger charge is -2.28. The van der Waals surface area contributed by atoms with Crippen LogP contribution in [-0.2, 0) is 0 Å². The monoisotopic (exact) mass is 387 g/mol. The van der Waals surface area contributed by atoms with Gasteiger partial charge in [0.2, 0.25) is 0 Å². The van der Waals surface area contributed by atoms with Gasteiger partial charge in [-0.1, -0.05) is 0 Å². The Balaban J connectivity index is 1.53. The van der Waals surface area contributed by atoms with Crippen molar-refractivity contribution in [2.75, 3.05) is 11.1 Å². The zero-order valence-electron chi connectivity index (χ0n) is 16.2. The van der Waals surface area contributed by atoms with Crippen molar-refractivity contribution in [3.63, 3.8) is 0 Å².